The van der Waals surface area contributed by atoms with Crippen molar-refractivity contribution in [1.82, 2.24) is 9.78 Å². The molecule has 0 fully saturated rings. The molecule has 1 amide bonds. The molecule has 0 atom stereocenters. The third-order valence-electron chi connectivity index (χ3n) is 2.93. The van der Waals surface area contributed by atoms with Crippen LogP contribution in [0.15, 0.2) is 46.1 Å². The van der Waals surface area contributed by atoms with Gasteiger partial charge in [-0.05, 0) is 30.5 Å². The van der Waals surface area contributed by atoms with E-state index in [0.29, 0.717) is 18.8 Å². The van der Waals surface area contributed by atoms with E-state index in [4.69, 9.17) is 4.74 Å². The molecule has 0 aliphatic rings. The van der Waals surface area contributed by atoms with Gasteiger partial charge in [-0.25, -0.2) is 4.68 Å². The third-order valence-corrected chi connectivity index (χ3v) is 3.66. The van der Waals surface area contributed by atoms with Gasteiger partial charge < -0.3 is 10.1 Å². The highest BCUT2D eigenvalue weighted by Gasteiger charge is 2.10. The highest BCUT2D eigenvalue weighted by Crippen LogP contribution is 2.19. The first kappa shape index (κ1) is 16.3. The Morgan fingerprint density at radius 3 is 2.91 bits per heavy atom. The summed E-state index contributed by atoms with van der Waals surface area (Å²) >= 11 is 1.59. The average molecular weight is 319 g/mol. The minimum absolute atomic E-state index is 0.185. The smallest absolute Gasteiger partial charge is 0.276 e. The summed E-state index contributed by atoms with van der Waals surface area (Å²) in [6.07, 6.45) is 1.97. The Morgan fingerprint density at radius 1 is 1.36 bits per heavy atom. The number of ether oxygens (including phenoxy) is 1. The van der Waals surface area contributed by atoms with Crippen molar-refractivity contribution in [2.24, 2.45) is 0 Å². The van der Waals surface area contributed by atoms with Gasteiger partial charge >= 0.3 is 0 Å². The quantitative estimate of drug-likeness (QED) is 0.823. The molecule has 0 radical (unpaired) electrons. The average Bonchev–Trinajstić information content (AvgIpc) is 2.54. The van der Waals surface area contributed by atoms with E-state index in [2.05, 4.69) is 10.4 Å². The van der Waals surface area contributed by atoms with Gasteiger partial charge in [0.1, 0.15) is 5.69 Å². The van der Waals surface area contributed by atoms with E-state index in [-0.39, 0.29) is 17.2 Å². The van der Waals surface area contributed by atoms with Crippen LogP contribution >= 0.6 is 11.8 Å². The standard InChI is InChI=1S/C15H17N3O3S/c1-21-9-8-18-14(19)7-6-13(17-18)15(20)16-11-4-3-5-12(10-11)22-2/h3-7,10H,8-9H2,1-2H3,(H,16,20). The van der Waals surface area contributed by atoms with Gasteiger partial charge in [-0.1, -0.05) is 6.07 Å². The largest absolute Gasteiger partial charge is 0.383 e. The number of anilines is 1. The van der Waals surface area contributed by atoms with Gasteiger partial charge in [-0.15, -0.1) is 11.8 Å². The maximum atomic E-state index is 12.2. The summed E-state index contributed by atoms with van der Waals surface area (Å²) in [6, 6.07) is 10.3. The van der Waals surface area contributed by atoms with Crippen molar-refractivity contribution in [3.63, 3.8) is 0 Å². The van der Waals surface area contributed by atoms with Crippen molar-refractivity contribution in [2.45, 2.75) is 11.4 Å². The molecule has 2 rings (SSSR count). The lowest BCUT2D eigenvalue weighted by atomic mass is 10.3. The van der Waals surface area contributed by atoms with Gasteiger partial charge in [0.15, 0.2) is 0 Å². The van der Waals surface area contributed by atoms with Gasteiger partial charge in [-0.3, -0.25) is 9.59 Å². The molecule has 22 heavy (non-hydrogen) atoms. The van der Waals surface area contributed by atoms with Crippen LogP contribution < -0.4 is 10.9 Å². The number of hydrogen-bond acceptors (Lipinski definition) is 5. The van der Waals surface area contributed by atoms with Gasteiger partial charge in [0.25, 0.3) is 11.5 Å². The van der Waals surface area contributed by atoms with Crippen molar-refractivity contribution in [3.8, 4) is 0 Å². The Hall–Kier alpha value is -2.12. The van der Waals surface area contributed by atoms with E-state index in [9.17, 15) is 9.59 Å². The molecule has 0 saturated heterocycles. The fourth-order valence-electron chi connectivity index (χ4n) is 1.80. The second-order valence-electron chi connectivity index (χ2n) is 4.46. The summed E-state index contributed by atoms with van der Waals surface area (Å²) in [5, 5.41) is 6.83. The molecule has 1 aromatic heterocycles. The van der Waals surface area contributed by atoms with E-state index >= 15 is 0 Å². The van der Waals surface area contributed by atoms with Crippen LogP contribution in [0, 0.1) is 0 Å². The Balaban J connectivity index is 2.16. The molecule has 0 bridgehead atoms. The van der Waals surface area contributed by atoms with Crippen LogP contribution in [0.3, 0.4) is 0 Å². The zero-order valence-electron chi connectivity index (χ0n) is 12.4. The van der Waals surface area contributed by atoms with Crippen LogP contribution in [0.1, 0.15) is 10.5 Å². The second-order valence-corrected chi connectivity index (χ2v) is 5.34. The minimum Gasteiger partial charge on any atom is -0.383 e. The molecule has 116 valence electrons. The first-order valence-corrected chi connectivity index (χ1v) is 7.89. The van der Waals surface area contributed by atoms with Crippen molar-refractivity contribution < 1.29 is 9.53 Å². The molecule has 0 aliphatic heterocycles. The number of nitrogens with zero attached hydrogens (tertiary/aromatic N) is 2. The van der Waals surface area contributed by atoms with Crippen LogP contribution in [0.5, 0.6) is 0 Å². The zero-order valence-corrected chi connectivity index (χ0v) is 13.2. The fraction of sp³-hybridized carbons (Fsp3) is 0.267. The molecule has 0 aliphatic carbocycles. The summed E-state index contributed by atoms with van der Waals surface area (Å²) in [4.78, 5) is 24.9. The molecule has 0 spiro atoms. The normalized spacial score (nSPS) is 10.5. The molecule has 7 heteroatoms. The Morgan fingerprint density at radius 2 is 2.18 bits per heavy atom. The monoisotopic (exact) mass is 319 g/mol. The molecule has 0 unspecified atom stereocenters. The molecular weight excluding hydrogens is 302 g/mol. The maximum Gasteiger partial charge on any atom is 0.276 e. The third kappa shape index (κ3) is 4.19. The summed E-state index contributed by atoms with van der Waals surface area (Å²) in [5.41, 5.74) is 0.608. The summed E-state index contributed by atoms with van der Waals surface area (Å²) in [5.74, 6) is -0.357. The summed E-state index contributed by atoms with van der Waals surface area (Å²) in [7, 11) is 1.54. The summed E-state index contributed by atoms with van der Waals surface area (Å²) < 4.78 is 6.14. The van der Waals surface area contributed by atoms with E-state index < -0.39 is 0 Å². The number of methoxy groups -OCH3 is 1. The Bertz CT molecular complexity index is 715. The number of benzene rings is 1. The van der Waals surface area contributed by atoms with Crippen molar-refractivity contribution in [1.29, 1.82) is 0 Å². The molecule has 0 saturated carbocycles. The van der Waals surface area contributed by atoms with Crippen molar-refractivity contribution in [2.75, 3.05) is 25.3 Å². The first-order chi connectivity index (χ1) is 10.6. The fourth-order valence-corrected chi connectivity index (χ4v) is 2.26. The van der Waals surface area contributed by atoms with Gasteiger partial charge in [0.2, 0.25) is 0 Å². The molecule has 6 nitrogen and oxygen atoms in total. The number of amides is 1. The number of carbonyl (C=O) groups is 1. The highest BCUT2D eigenvalue weighted by atomic mass is 32.2. The second kappa shape index (κ2) is 7.77. The number of aromatic nitrogens is 2. The van der Waals surface area contributed by atoms with Crippen molar-refractivity contribution in [3.05, 3.63) is 52.4 Å². The van der Waals surface area contributed by atoms with E-state index in [0.717, 1.165) is 4.90 Å². The highest BCUT2D eigenvalue weighted by molar-refractivity contribution is 7.98. The SMILES string of the molecule is COCCn1nc(C(=O)Nc2cccc(SC)c2)ccc1=O. The predicted octanol–water partition coefficient (Wildman–Crippen LogP) is 1.86. The van der Waals surface area contributed by atoms with Crippen LogP contribution in [0.4, 0.5) is 5.69 Å². The molecule has 1 aromatic carbocycles. The van der Waals surface area contributed by atoms with Gasteiger partial charge in [0.05, 0.1) is 13.2 Å². The summed E-state index contributed by atoms with van der Waals surface area (Å²) in [6.45, 7) is 0.659. The van der Waals surface area contributed by atoms with E-state index in [1.165, 1.54) is 16.8 Å². The lowest BCUT2D eigenvalue weighted by molar-refractivity contribution is 0.101. The zero-order chi connectivity index (χ0) is 15.9. The van der Waals surface area contributed by atoms with Crippen molar-refractivity contribution >= 4 is 23.4 Å². The number of thioether (sulfide) groups is 1. The topological polar surface area (TPSA) is 73.2 Å². The number of rotatable bonds is 6. The predicted molar refractivity (Wildman–Crippen MR) is 86.5 cm³/mol. The van der Waals surface area contributed by atoms with Gasteiger partial charge in [0, 0.05) is 23.8 Å². The number of hydrogen-bond donors (Lipinski definition) is 1. The van der Waals surface area contributed by atoms with Gasteiger partial charge in [-0.2, -0.15) is 5.10 Å². The Kier molecular flexibility index (Phi) is 5.74. The lowest BCUT2D eigenvalue weighted by Crippen LogP contribution is -2.27. The van der Waals surface area contributed by atoms with Crippen LogP contribution in [-0.4, -0.2) is 35.7 Å². The number of nitrogens with one attached hydrogen (secondary N) is 1. The van der Waals surface area contributed by atoms with E-state index in [1.807, 2.05) is 24.5 Å². The van der Waals surface area contributed by atoms with Crippen LogP contribution in [0.2, 0.25) is 0 Å². The molecular formula is C15H17N3O3S. The van der Waals surface area contributed by atoms with E-state index in [1.54, 1.807) is 24.9 Å². The lowest BCUT2D eigenvalue weighted by Gasteiger charge is -2.08. The molecule has 2 aromatic rings. The van der Waals surface area contributed by atoms with Crippen LogP contribution in [0.25, 0.3) is 0 Å². The minimum atomic E-state index is -0.357. The molecule has 1 N–H and O–H groups in total. The Labute approximate surface area is 132 Å². The van der Waals surface area contributed by atoms with Crippen LogP contribution in [-0.2, 0) is 11.3 Å². The number of carbonyl (C=O) groups excluding carboxylic acids is 1. The maximum absolute atomic E-state index is 12.2. The molecule has 1 heterocycles. The first-order valence-electron chi connectivity index (χ1n) is 6.66.